The lowest BCUT2D eigenvalue weighted by Crippen LogP contribution is -2.08. The van der Waals surface area contributed by atoms with Crippen LogP contribution >= 0.6 is 0 Å². The van der Waals surface area contributed by atoms with Gasteiger partial charge in [-0.3, -0.25) is 9.97 Å². The molecule has 4 rings (SSSR count). The average molecular weight is 373 g/mol. The molecule has 0 fully saturated rings. The molecule has 3 aromatic heterocycles. The number of hydrogen-bond acceptors (Lipinski definition) is 6. The Morgan fingerprint density at radius 1 is 0.893 bits per heavy atom. The second-order valence-electron chi connectivity index (χ2n) is 6.18. The van der Waals surface area contributed by atoms with Gasteiger partial charge in [0.2, 0.25) is 0 Å². The summed E-state index contributed by atoms with van der Waals surface area (Å²) in [6.45, 7) is 0. The van der Waals surface area contributed by atoms with Crippen molar-refractivity contribution in [2.24, 2.45) is 0 Å². The van der Waals surface area contributed by atoms with Crippen LogP contribution in [0.5, 0.6) is 11.5 Å². The Balaban J connectivity index is 1.96. The molecular formula is C22H19N3O3. The number of hydrogen-bond donors (Lipinski definition) is 1. The van der Waals surface area contributed by atoms with Gasteiger partial charge in [0.15, 0.2) is 0 Å². The van der Waals surface area contributed by atoms with Crippen molar-refractivity contribution in [3.8, 4) is 22.8 Å². The van der Waals surface area contributed by atoms with Gasteiger partial charge in [-0.15, -0.1) is 0 Å². The second kappa shape index (κ2) is 7.62. The van der Waals surface area contributed by atoms with E-state index in [1.54, 1.807) is 44.9 Å². The maximum absolute atomic E-state index is 11.3. The summed E-state index contributed by atoms with van der Waals surface area (Å²) in [6, 6.07) is 14.8. The van der Waals surface area contributed by atoms with Crippen molar-refractivity contribution in [2.75, 3.05) is 14.2 Å². The zero-order chi connectivity index (χ0) is 19.5. The molecule has 6 heteroatoms. The molecule has 0 radical (unpaired) electrons. The largest absolute Gasteiger partial charge is 0.496 e. The van der Waals surface area contributed by atoms with E-state index in [0.717, 1.165) is 16.5 Å². The SMILES string of the molecule is COc1cccc(OC)c1[C@H](O)c1nc(-c2ccncc2)cc2ncccc12. The normalized spacial score (nSPS) is 12.0. The fraction of sp³-hybridized carbons (Fsp3) is 0.136. The number of methoxy groups -OCH3 is 2. The van der Waals surface area contributed by atoms with E-state index in [1.165, 1.54) is 0 Å². The van der Waals surface area contributed by atoms with Gasteiger partial charge in [-0.1, -0.05) is 6.07 Å². The Kier molecular flexibility index (Phi) is 4.87. The zero-order valence-corrected chi connectivity index (χ0v) is 15.5. The molecule has 3 heterocycles. The lowest BCUT2D eigenvalue weighted by Gasteiger charge is -2.19. The summed E-state index contributed by atoms with van der Waals surface area (Å²) in [4.78, 5) is 13.3. The van der Waals surface area contributed by atoms with Crippen LogP contribution in [-0.4, -0.2) is 34.3 Å². The van der Waals surface area contributed by atoms with Gasteiger partial charge in [0, 0.05) is 29.5 Å². The predicted molar refractivity (Wildman–Crippen MR) is 106 cm³/mol. The van der Waals surface area contributed by atoms with Crippen molar-refractivity contribution >= 4 is 10.9 Å². The van der Waals surface area contributed by atoms with Crippen LogP contribution in [0.15, 0.2) is 67.1 Å². The van der Waals surface area contributed by atoms with E-state index in [-0.39, 0.29) is 0 Å². The van der Waals surface area contributed by atoms with Crippen molar-refractivity contribution in [3.05, 3.63) is 78.4 Å². The first-order valence-electron chi connectivity index (χ1n) is 8.78. The second-order valence-corrected chi connectivity index (χ2v) is 6.18. The minimum atomic E-state index is -1.06. The summed E-state index contributed by atoms with van der Waals surface area (Å²) in [6.07, 6.45) is 4.08. The average Bonchev–Trinajstić information content (AvgIpc) is 2.77. The van der Waals surface area contributed by atoms with Crippen LogP contribution in [0.25, 0.3) is 22.2 Å². The van der Waals surface area contributed by atoms with Crippen LogP contribution in [0.4, 0.5) is 0 Å². The molecular weight excluding hydrogens is 354 g/mol. The summed E-state index contributed by atoms with van der Waals surface area (Å²) in [7, 11) is 3.12. The van der Waals surface area contributed by atoms with E-state index in [0.29, 0.717) is 28.5 Å². The van der Waals surface area contributed by atoms with Gasteiger partial charge < -0.3 is 14.6 Å². The fourth-order valence-corrected chi connectivity index (χ4v) is 3.27. The van der Waals surface area contributed by atoms with Gasteiger partial charge in [-0.2, -0.15) is 0 Å². The highest BCUT2D eigenvalue weighted by Gasteiger charge is 2.24. The smallest absolute Gasteiger partial charge is 0.129 e. The number of ether oxygens (including phenoxy) is 2. The summed E-state index contributed by atoms with van der Waals surface area (Å²) >= 11 is 0. The molecule has 28 heavy (non-hydrogen) atoms. The molecule has 1 aromatic carbocycles. The monoisotopic (exact) mass is 373 g/mol. The van der Waals surface area contributed by atoms with E-state index in [4.69, 9.17) is 14.5 Å². The maximum Gasteiger partial charge on any atom is 0.129 e. The van der Waals surface area contributed by atoms with Crippen molar-refractivity contribution in [1.82, 2.24) is 15.0 Å². The van der Waals surface area contributed by atoms with Gasteiger partial charge in [-0.05, 0) is 42.5 Å². The molecule has 0 spiro atoms. The van der Waals surface area contributed by atoms with E-state index < -0.39 is 6.10 Å². The first kappa shape index (κ1) is 17.9. The molecule has 0 saturated heterocycles. The maximum atomic E-state index is 11.3. The van der Waals surface area contributed by atoms with Crippen molar-refractivity contribution < 1.29 is 14.6 Å². The third kappa shape index (κ3) is 3.14. The highest BCUT2D eigenvalue weighted by atomic mass is 16.5. The van der Waals surface area contributed by atoms with Crippen LogP contribution in [0, 0.1) is 0 Å². The zero-order valence-electron chi connectivity index (χ0n) is 15.5. The molecule has 6 nitrogen and oxygen atoms in total. The number of nitrogens with zero attached hydrogens (tertiary/aromatic N) is 3. The number of fused-ring (bicyclic) bond motifs is 1. The molecule has 140 valence electrons. The van der Waals surface area contributed by atoms with E-state index in [1.807, 2.05) is 36.4 Å². The van der Waals surface area contributed by atoms with Gasteiger partial charge in [-0.25, -0.2) is 4.98 Å². The molecule has 0 aliphatic carbocycles. The third-order valence-corrected chi connectivity index (χ3v) is 4.60. The van der Waals surface area contributed by atoms with Crippen LogP contribution < -0.4 is 9.47 Å². The van der Waals surface area contributed by atoms with Crippen molar-refractivity contribution in [1.29, 1.82) is 0 Å². The van der Waals surface area contributed by atoms with Gasteiger partial charge in [0.05, 0.1) is 36.7 Å². The summed E-state index contributed by atoms with van der Waals surface area (Å²) in [5, 5.41) is 12.1. The predicted octanol–water partition coefficient (Wildman–Crippen LogP) is 3.79. The molecule has 4 aromatic rings. The summed E-state index contributed by atoms with van der Waals surface area (Å²) in [5.41, 5.74) is 3.35. The van der Waals surface area contributed by atoms with Crippen LogP contribution in [-0.2, 0) is 0 Å². The number of aliphatic hydroxyl groups excluding tert-OH is 1. The van der Waals surface area contributed by atoms with E-state index >= 15 is 0 Å². The number of aromatic nitrogens is 3. The lowest BCUT2D eigenvalue weighted by molar-refractivity contribution is 0.206. The molecule has 0 aliphatic heterocycles. The van der Waals surface area contributed by atoms with Crippen molar-refractivity contribution in [3.63, 3.8) is 0 Å². The van der Waals surface area contributed by atoms with Gasteiger partial charge in [0.25, 0.3) is 0 Å². The Morgan fingerprint density at radius 3 is 2.29 bits per heavy atom. The Labute approximate surface area is 162 Å². The molecule has 0 unspecified atom stereocenters. The number of pyridine rings is 3. The van der Waals surface area contributed by atoms with Crippen LogP contribution in [0.1, 0.15) is 17.4 Å². The first-order chi connectivity index (χ1) is 13.7. The van der Waals surface area contributed by atoms with Crippen LogP contribution in [0.2, 0.25) is 0 Å². The third-order valence-electron chi connectivity index (χ3n) is 4.60. The molecule has 0 aliphatic rings. The quantitative estimate of drug-likeness (QED) is 0.573. The molecule has 0 bridgehead atoms. The Hall–Kier alpha value is -3.51. The fourth-order valence-electron chi connectivity index (χ4n) is 3.27. The minimum absolute atomic E-state index is 0.486. The number of rotatable bonds is 5. The summed E-state index contributed by atoms with van der Waals surface area (Å²) < 4.78 is 10.9. The van der Waals surface area contributed by atoms with Crippen molar-refractivity contribution in [2.45, 2.75) is 6.10 Å². The highest BCUT2D eigenvalue weighted by molar-refractivity contribution is 5.85. The Morgan fingerprint density at radius 2 is 1.61 bits per heavy atom. The van der Waals surface area contributed by atoms with Gasteiger partial charge >= 0.3 is 0 Å². The lowest BCUT2D eigenvalue weighted by atomic mass is 9.99. The highest BCUT2D eigenvalue weighted by Crippen LogP contribution is 2.39. The van der Waals surface area contributed by atoms with Gasteiger partial charge in [0.1, 0.15) is 17.6 Å². The van der Waals surface area contributed by atoms with Crippen LogP contribution in [0.3, 0.4) is 0 Å². The molecule has 0 saturated carbocycles. The number of benzene rings is 1. The minimum Gasteiger partial charge on any atom is -0.496 e. The standard InChI is InChI=1S/C22H19N3O3/c1-27-18-6-3-7-19(28-2)20(18)22(26)21-15-5-4-10-24-17(15)13-16(25-21)14-8-11-23-12-9-14/h3-13,22,26H,1-2H3/t22-/m0/s1. The molecule has 1 atom stereocenters. The Bertz CT molecular complexity index is 1090. The van der Waals surface area contributed by atoms with E-state index in [2.05, 4.69) is 9.97 Å². The molecule has 1 N–H and O–H groups in total. The topological polar surface area (TPSA) is 77.4 Å². The summed E-state index contributed by atoms with van der Waals surface area (Å²) in [5.74, 6) is 1.06. The molecule has 0 amide bonds. The van der Waals surface area contributed by atoms with E-state index in [9.17, 15) is 5.11 Å². The first-order valence-corrected chi connectivity index (χ1v) is 8.78. The number of aliphatic hydroxyl groups is 1.